The first-order valence-electron chi connectivity index (χ1n) is 6.42. The van der Waals surface area contributed by atoms with E-state index in [0.29, 0.717) is 11.5 Å². The Morgan fingerprint density at radius 3 is 1.70 bits per heavy atom. The van der Waals surface area contributed by atoms with Crippen molar-refractivity contribution >= 4 is 10.1 Å². The normalized spacial score (nSPS) is 10.8. The third-order valence-electron chi connectivity index (χ3n) is 2.66. The number of rotatable bonds is 3. The average molecular weight is 292 g/mol. The van der Waals surface area contributed by atoms with Gasteiger partial charge < -0.3 is 0 Å². The first-order chi connectivity index (χ1) is 9.38. The van der Waals surface area contributed by atoms with Crippen molar-refractivity contribution in [3.63, 3.8) is 0 Å². The van der Waals surface area contributed by atoms with Crippen LogP contribution in [0, 0.1) is 0 Å². The summed E-state index contributed by atoms with van der Waals surface area (Å²) in [7, 11) is -3.88. The van der Waals surface area contributed by atoms with Crippen molar-refractivity contribution in [2.75, 3.05) is 0 Å². The number of hydrogen-bond donors (Lipinski definition) is 1. The lowest BCUT2D eigenvalue weighted by Gasteiger charge is -2.01. The molecule has 0 amide bonds. The van der Waals surface area contributed by atoms with Crippen molar-refractivity contribution < 1.29 is 13.0 Å². The predicted octanol–water partition coefficient (Wildman–Crippen LogP) is 3.88. The summed E-state index contributed by atoms with van der Waals surface area (Å²) in [6, 6.07) is 19.0. The second-order valence-electron chi connectivity index (χ2n) is 4.78. The van der Waals surface area contributed by atoms with Gasteiger partial charge in [0.05, 0.1) is 0 Å². The van der Waals surface area contributed by atoms with Crippen molar-refractivity contribution in [2.45, 2.75) is 25.5 Å². The molecule has 0 aliphatic heterocycles. The molecule has 4 heteroatoms. The van der Waals surface area contributed by atoms with E-state index in [1.165, 1.54) is 5.56 Å². The van der Waals surface area contributed by atoms with Gasteiger partial charge in [-0.25, -0.2) is 0 Å². The fourth-order valence-electron chi connectivity index (χ4n) is 1.62. The van der Waals surface area contributed by atoms with E-state index in [1.54, 1.807) is 30.3 Å². The summed E-state index contributed by atoms with van der Waals surface area (Å²) in [6.45, 7) is 4.41. The monoisotopic (exact) mass is 292 g/mol. The first kappa shape index (κ1) is 16.4. The molecule has 0 aliphatic carbocycles. The highest BCUT2D eigenvalue weighted by Gasteiger charge is 2.04. The molecule has 0 aliphatic rings. The zero-order valence-electron chi connectivity index (χ0n) is 11.7. The van der Waals surface area contributed by atoms with Crippen LogP contribution in [-0.2, 0) is 15.9 Å². The fraction of sp³-hybridized carbons (Fsp3) is 0.250. The Kier molecular flexibility index (Phi) is 6.42. The highest BCUT2D eigenvalue weighted by Crippen LogP contribution is 2.11. The summed E-state index contributed by atoms with van der Waals surface area (Å²) in [5.41, 5.74) is 2.01. The summed E-state index contributed by atoms with van der Waals surface area (Å²) in [5, 5.41) is 0. The molecule has 2 aromatic rings. The lowest BCUT2D eigenvalue weighted by Crippen LogP contribution is -2.00. The van der Waals surface area contributed by atoms with Crippen molar-refractivity contribution in [2.24, 2.45) is 0 Å². The second-order valence-corrected chi connectivity index (χ2v) is 6.23. The minimum absolute atomic E-state index is 0.312. The van der Waals surface area contributed by atoms with Gasteiger partial charge in [-0.05, 0) is 17.0 Å². The molecular formula is C16H20O3S. The van der Waals surface area contributed by atoms with E-state index >= 15 is 0 Å². The summed E-state index contributed by atoms with van der Waals surface area (Å²) < 4.78 is 29.2. The van der Waals surface area contributed by atoms with Crippen LogP contribution in [-0.4, -0.2) is 13.0 Å². The molecule has 0 heterocycles. The highest BCUT2D eigenvalue weighted by atomic mass is 32.2. The molecule has 1 N–H and O–H groups in total. The molecule has 2 rings (SSSR count). The third kappa shape index (κ3) is 7.07. The Labute approximate surface area is 121 Å². The average Bonchev–Trinajstić information content (AvgIpc) is 2.40. The number of hydrogen-bond acceptors (Lipinski definition) is 2. The molecule has 0 unspecified atom stereocenters. The van der Waals surface area contributed by atoms with Crippen molar-refractivity contribution in [1.29, 1.82) is 0 Å². The van der Waals surface area contributed by atoms with Crippen LogP contribution in [0.15, 0.2) is 60.7 Å². The molecule has 0 saturated carbocycles. The van der Waals surface area contributed by atoms with Gasteiger partial charge >= 0.3 is 0 Å². The van der Waals surface area contributed by atoms with Gasteiger partial charge in [0, 0.05) is 0 Å². The van der Waals surface area contributed by atoms with E-state index < -0.39 is 10.1 Å². The summed E-state index contributed by atoms with van der Waals surface area (Å²) in [6.07, 6.45) is 0. The molecule has 0 fully saturated rings. The third-order valence-corrected chi connectivity index (χ3v) is 3.36. The van der Waals surface area contributed by atoms with Gasteiger partial charge in [-0.1, -0.05) is 74.5 Å². The molecule has 0 atom stereocenters. The fourth-order valence-corrected chi connectivity index (χ4v) is 2.24. The number of benzene rings is 2. The summed E-state index contributed by atoms with van der Waals surface area (Å²) in [5.74, 6) is 0.347. The molecule has 2 aromatic carbocycles. The van der Waals surface area contributed by atoms with E-state index in [-0.39, 0.29) is 5.75 Å². The van der Waals surface area contributed by atoms with E-state index in [9.17, 15) is 8.42 Å². The van der Waals surface area contributed by atoms with Crippen LogP contribution in [0.4, 0.5) is 0 Å². The zero-order chi connectivity index (χ0) is 15.0. The quantitative estimate of drug-likeness (QED) is 0.873. The van der Waals surface area contributed by atoms with Gasteiger partial charge in [0.1, 0.15) is 5.75 Å². The van der Waals surface area contributed by atoms with Crippen LogP contribution in [0.5, 0.6) is 0 Å². The van der Waals surface area contributed by atoms with Gasteiger partial charge in [0.2, 0.25) is 0 Å². The molecule has 0 radical (unpaired) electrons. The Bertz CT molecular complexity index is 590. The van der Waals surface area contributed by atoms with E-state index in [2.05, 4.69) is 38.1 Å². The second kappa shape index (κ2) is 7.82. The molecular weight excluding hydrogens is 272 g/mol. The van der Waals surface area contributed by atoms with Crippen molar-refractivity contribution in [3.8, 4) is 0 Å². The molecule has 108 valence electrons. The van der Waals surface area contributed by atoms with Crippen LogP contribution in [0.1, 0.15) is 30.9 Å². The van der Waals surface area contributed by atoms with Gasteiger partial charge in [0.15, 0.2) is 0 Å². The van der Waals surface area contributed by atoms with Crippen LogP contribution in [0.2, 0.25) is 0 Å². The maximum atomic E-state index is 10.4. The Morgan fingerprint density at radius 2 is 1.35 bits per heavy atom. The minimum Gasteiger partial charge on any atom is -0.285 e. The molecule has 0 aromatic heterocycles. The van der Waals surface area contributed by atoms with Gasteiger partial charge in [-0.3, -0.25) is 4.55 Å². The predicted molar refractivity (Wildman–Crippen MR) is 82.2 cm³/mol. The molecule has 0 spiro atoms. The lowest BCUT2D eigenvalue weighted by atomic mass is 10.0. The Morgan fingerprint density at radius 1 is 0.900 bits per heavy atom. The zero-order valence-corrected chi connectivity index (χ0v) is 12.5. The molecule has 20 heavy (non-hydrogen) atoms. The molecule has 3 nitrogen and oxygen atoms in total. The minimum atomic E-state index is -3.88. The Balaban J connectivity index is 0.000000204. The highest BCUT2D eigenvalue weighted by molar-refractivity contribution is 7.85. The van der Waals surface area contributed by atoms with E-state index in [1.807, 2.05) is 6.07 Å². The first-order valence-corrected chi connectivity index (χ1v) is 8.03. The van der Waals surface area contributed by atoms with Gasteiger partial charge in [-0.15, -0.1) is 0 Å². The maximum Gasteiger partial charge on any atom is 0.269 e. The maximum absolute atomic E-state index is 10.4. The van der Waals surface area contributed by atoms with E-state index in [4.69, 9.17) is 4.55 Å². The Hall–Kier alpha value is -1.65. The van der Waals surface area contributed by atoms with Crippen LogP contribution >= 0.6 is 0 Å². The van der Waals surface area contributed by atoms with Crippen molar-refractivity contribution in [3.05, 3.63) is 71.8 Å². The molecule has 0 bridgehead atoms. The largest absolute Gasteiger partial charge is 0.285 e. The van der Waals surface area contributed by atoms with Gasteiger partial charge in [0.25, 0.3) is 10.1 Å². The molecule has 0 saturated heterocycles. The lowest BCUT2D eigenvalue weighted by molar-refractivity contribution is 0.482. The smallest absolute Gasteiger partial charge is 0.269 e. The summed E-state index contributed by atoms with van der Waals surface area (Å²) >= 11 is 0. The van der Waals surface area contributed by atoms with E-state index in [0.717, 1.165) is 0 Å². The van der Waals surface area contributed by atoms with Crippen LogP contribution < -0.4 is 0 Å². The van der Waals surface area contributed by atoms with Crippen molar-refractivity contribution in [1.82, 2.24) is 0 Å². The van der Waals surface area contributed by atoms with Gasteiger partial charge in [-0.2, -0.15) is 8.42 Å². The van der Waals surface area contributed by atoms with Crippen LogP contribution in [0.3, 0.4) is 0 Å². The SMILES string of the molecule is CC(C)c1ccccc1.O=S(=O)(O)Cc1ccccc1. The standard InChI is InChI=1S/C9H12.C7H8O3S/c1-8(2)9-6-4-3-5-7-9;8-11(9,10)6-7-4-2-1-3-5-7/h3-8H,1-2H3;1-5H,6H2,(H,8,9,10). The topological polar surface area (TPSA) is 54.4 Å². The summed E-state index contributed by atoms with van der Waals surface area (Å²) in [4.78, 5) is 0. The van der Waals surface area contributed by atoms with Crippen LogP contribution in [0.25, 0.3) is 0 Å².